The zero-order valence-corrected chi connectivity index (χ0v) is 16.2. The summed E-state index contributed by atoms with van der Waals surface area (Å²) in [7, 11) is 0. The van der Waals surface area contributed by atoms with E-state index in [1.165, 1.54) is 9.13 Å². The highest BCUT2D eigenvalue weighted by molar-refractivity contribution is 14.1. The van der Waals surface area contributed by atoms with Crippen molar-refractivity contribution in [2.75, 3.05) is 11.9 Å². The van der Waals surface area contributed by atoms with E-state index in [2.05, 4.69) is 40.0 Å². The quantitative estimate of drug-likeness (QED) is 0.563. The molecule has 26 heavy (non-hydrogen) atoms. The van der Waals surface area contributed by atoms with Crippen LogP contribution in [0.4, 0.5) is 5.82 Å². The summed E-state index contributed by atoms with van der Waals surface area (Å²) in [5.41, 5.74) is 4.50. The number of halogens is 1. The zero-order valence-electron chi connectivity index (χ0n) is 14.1. The molecule has 1 aliphatic heterocycles. The van der Waals surface area contributed by atoms with E-state index >= 15 is 0 Å². The second-order valence-electron chi connectivity index (χ2n) is 6.30. The zero-order chi connectivity index (χ0) is 18.1. The number of carbonyl (C=O) groups is 1. The van der Waals surface area contributed by atoms with Crippen molar-refractivity contribution in [3.63, 3.8) is 0 Å². The van der Waals surface area contributed by atoms with Gasteiger partial charge in [-0.3, -0.25) is 0 Å². The molecule has 1 aliphatic rings. The molecule has 0 aliphatic carbocycles. The molecule has 3 aromatic rings. The predicted octanol–water partition coefficient (Wildman–Crippen LogP) is 4.59. The molecule has 132 valence electrons. The van der Waals surface area contributed by atoms with Gasteiger partial charge in [0.2, 0.25) is 0 Å². The Morgan fingerprint density at radius 3 is 2.62 bits per heavy atom. The molecular weight excluding hydrogens is 441 g/mol. The molecular formula is C20H18IN3O2. The van der Waals surface area contributed by atoms with Gasteiger partial charge in [0.25, 0.3) is 0 Å². The van der Waals surface area contributed by atoms with Crippen molar-refractivity contribution in [3.05, 3.63) is 63.2 Å². The van der Waals surface area contributed by atoms with E-state index in [4.69, 9.17) is 10.2 Å². The summed E-state index contributed by atoms with van der Waals surface area (Å²) in [6.07, 6.45) is 3.23. The summed E-state index contributed by atoms with van der Waals surface area (Å²) in [6, 6.07) is 15.1. The molecule has 0 atom stereocenters. The molecule has 0 saturated carbocycles. The fourth-order valence-electron chi connectivity index (χ4n) is 3.30. The van der Waals surface area contributed by atoms with Crippen LogP contribution >= 0.6 is 22.6 Å². The first-order valence-corrected chi connectivity index (χ1v) is 9.67. The van der Waals surface area contributed by atoms with Crippen LogP contribution in [0, 0.1) is 3.57 Å². The fraction of sp³-hybridized carbons (Fsp3) is 0.200. The van der Waals surface area contributed by atoms with Gasteiger partial charge in [-0.05, 0) is 72.2 Å². The van der Waals surface area contributed by atoms with Crippen molar-refractivity contribution in [1.82, 2.24) is 9.78 Å². The van der Waals surface area contributed by atoms with Crippen LogP contribution in [0.25, 0.3) is 16.9 Å². The van der Waals surface area contributed by atoms with Crippen LogP contribution in [-0.2, 0) is 6.42 Å². The van der Waals surface area contributed by atoms with Gasteiger partial charge in [-0.15, -0.1) is 0 Å². The van der Waals surface area contributed by atoms with Crippen molar-refractivity contribution in [2.45, 2.75) is 19.3 Å². The monoisotopic (exact) mass is 459 g/mol. The second-order valence-corrected chi connectivity index (χ2v) is 7.47. The smallest absolute Gasteiger partial charge is 0.335 e. The summed E-state index contributed by atoms with van der Waals surface area (Å²) < 4.78 is 3.08. The van der Waals surface area contributed by atoms with E-state index in [-0.39, 0.29) is 5.56 Å². The number of nitrogens with one attached hydrogen (secondary N) is 1. The molecule has 1 aromatic heterocycles. The standard InChI is InChI=1S/C20H18IN3O2/c21-17-7-2-1-5-15(17)18-16-6-3-4-12-22-19(16)24(23-18)14-10-8-13(9-11-14)20(25)26/h1-2,5,7-11,22H,3-4,6,12H2,(H,25,26). The average Bonchev–Trinajstić information content (AvgIpc) is 2.83. The van der Waals surface area contributed by atoms with Gasteiger partial charge >= 0.3 is 5.97 Å². The molecule has 0 saturated heterocycles. The number of benzene rings is 2. The number of carboxylic acids is 1. The third-order valence-corrected chi connectivity index (χ3v) is 5.56. The molecule has 2 heterocycles. The Bertz CT molecular complexity index is 964. The lowest BCUT2D eigenvalue weighted by molar-refractivity contribution is 0.0697. The lowest BCUT2D eigenvalue weighted by Crippen LogP contribution is -2.07. The molecule has 0 fully saturated rings. The van der Waals surface area contributed by atoms with Crippen molar-refractivity contribution >= 4 is 34.4 Å². The van der Waals surface area contributed by atoms with E-state index in [9.17, 15) is 4.79 Å². The lowest BCUT2D eigenvalue weighted by Gasteiger charge is -2.09. The van der Waals surface area contributed by atoms with E-state index in [0.717, 1.165) is 48.6 Å². The average molecular weight is 459 g/mol. The van der Waals surface area contributed by atoms with Gasteiger partial charge in [-0.25, -0.2) is 9.48 Å². The van der Waals surface area contributed by atoms with Crippen LogP contribution in [0.5, 0.6) is 0 Å². The number of carboxylic acid groups (broad SMARTS) is 1. The summed E-state index contributed by atoms with van der Waals surface area (Å²) in [4.78, 5) is 11.1. The Balaban J connectivity index is 1.87. The SMILES string of the molecule is O=C(O)c1ccc(-n2nc(-c3ccccc3I)c3c2NCCCC3)cc1. The van der Waals surface area contributed by atoms with Gasteiger partial charge in [-0.1, -0.05) is 18.2 Å². The summed E-state index contributed by atoms with van der Waals surface area (Å²) in [5, 5.41) is 17.6. The summed E-state index contributed by atoms with van der Waals surface area (Å²) in [6.45, 7) is 0.914. The van der Waals surface area contributed by atoms with Gasteiger partial charge in [0.1, 0.15) is 5.82 Å². The number of hydrogen-bond acceptors (Lipinski definition) is 3. The van der Waals surface area contributed by atoms with Crippen molar-refractivity contribution < 1.29 is 9.90 Å². The molecule has 0 radical (unpaired) electrons. The molecule has 0 spiro atoms. The van der Waals surface area contributed by atoms with Crippen LogP contribution in [0.15, 0.2) is 48.5 Å². The highest BCUT2D eigenvalue weighted by Gasteiger charge is 2.22. The third-order valence-electron chi connectivity index (χ3n) is 4.62. The maximum absolute atomic E-state index is 11.1. The molecule has 2 aromatic carbocycles. The van der Waals surface area contributed by atoms with Crippen LogP contribution in [0.3, 0.4) is 0 Å². The minimum Gasteiger partial charge on any atom is -0.478 e. The fourth-order valence-corrected chi connectivity index (χ4v) is 3.95. The number of nitrogens with zero attached hydrogens (tertiary/aromatic N) is 2. The second kappa shape index (κ2) is 7.11. The van der Waals surface area contributed by atoms with Gasteiger partial charge < -0.3 is 10.4 Å². The number of aromatic carboxylic acids is 1. The van der Waals surface area contributed by atoms with E-state index in [1.807, 2.05) is 28.9 Å². The van der Waals surface area contributed by atoms with Crippen LogP contribution in [0.1, 0.15) is 28.8 Å². The number of fused-ring (bicyclic) bond motifs is 1. The van der Waals surface area contributed by atoms with Crippen LogP contribution in [-0.4, -0.2) is 27.4 Å². The van der Waals surface area contributed by atoms with Crippen molar-refractivity contribution in [2.24, 2.45) is 0 Å². The molecule has 5 nitrogen and oxygen atoms in total. The Morgan fingerprint density at radius 1 is 1.12 bits per heavy atom. The minimum atomic E-state index is -0.923. The Labute approximate surface area is 165 Å². The first kappa shape index (κ1) is 17.1. The third kappa shape index (κ3) is 3.09. The molecule has 0 amide bonds. The van der Waals surface area contributed by atoms with E-state index in [0.29, 0.717) is 0 Å². The van der Waals surface area contributed by atoms with E-state index < -0.39 is 5.97 Å². The van der Waals surface area contributed by atoms with Crippen LogP contribution < -0.4 is 5.32 Å². The molecule has 0 unspecified atom stereocenters. The molecule has 2 N–H and O–H groups in total. The van der Waals surface area contributed by atoms with Gasteiger partial charge in [-0.2, -0.15) is 5.10 Å². The molecule has 6 heteroatoms. The van der Waals surface area contributed by atoms with Crippen LogP contribution in [0.2, 0.25) is 0 Å². The number of aromatic nitrogens is 2. The Hall–Kier alpha value is -2.35. The maximum atomic E-state index is 11.1. The largest absolute Gasteiger partial charge is 0.478 e. The predicted molar refractivity (Wildman–Crippen MR) is 110 cm³/mol. The highest BCUT2D eigenvalue weighted by atomic mass is 127. The topological polar surface area (TPSA) is 67.1 Å². The normalized spacial score (nSPS) is 13.6. The summed E-state index contributed by atoms with van der Waals surface area (Å²) in [5.74, 6) is 0.0914. The highest BCUT2D eigenvalue weighted by Crippen LogP contribution is 2.35. The van der Waals surface area contributed by atoms with E-state index in [1.54, 1.807) is 12.1 Å². The number of anilines is 1. The van der Waals surface area contributed by atoms with Crippen molar-refractivity contribution in [3.8, 4) is 16.9 Å². The lowest BCUT2D eigenvalue weighted by atomic mass is 10.0. The molecule has 0 bridgehead atoms. The van der Waals surface area contributed by atoms with Crippen molar-refractivity contribution in [1.29, 1.82) is 0 Å². The first-order valence-electron chi connectivity index (χ1n) is 8.59. The Morgan fingerprint density at radius 2 is 1.88 bits per heavy atom. The maximum Gasteiger partial charge on any atom is 0.335 e. The van der Waals surface area contributed by atoms with Gasteiger partial charge in [0.15, 0.2) is 0 Å². The number of rotatable bonds is 3. The van der Waals surface area contributed by atoms with Gasteiger partial charge in [0, 0.05) is 21.2 Å². The number of hydrogen-bond donors (Lipinski definition) is 2. The minimum absolute atomic E-state index is 0.276. The Kier molecular flexibility index (Phi) is 4.67. The molecule has 4 rings (SSSR count). The van der Waals surface area contributed by atoms with Gasteiger partial charge in [0.05, 0.1) is 16.9 Å². The summed E-state index contributed by atoms with van der Waals surface area (Å²) >= 11 is 2.35. The first-order chi connectivity index (χ1) is 12.6.